The third-order valence-corrected chi connectivity index (χ3v) is 4.57. The number of benzene rings is 1. The van der Waals surface area contributed by atoms with Crippen molar-refractivity contribution >= 4 is 16.7 Å². The van der Waals surface area contributed by atoms with E-state index in [9.17, 15) is 0 Å². The third kappa shape index (κ3) is 2.94. The van der Waals surface area contributed by atoms with E-state index in [2.05, 4.69) is 47.1 Å². The van der Waals surface area contributed by atoms with Crippen molar-refractivity contribution in [2.24, 2.45) is 0 Å². The standard InChI is InChI=1S/C19H21N3O/c1-15-13-19(20-18-7-3-2-6-17(15)18)22-10-8-21(9-11-22)14-16-5-4-12-23-16/h2-7,12-13H,8-11,14H2,1H3. The number of para-hydroxylation sites is 1. The topological polar surface area (TPSA) is 32.5 Å². The molecular formula is C19H21N3O. The van der Waals surface area contributed by atoms with Crippen LogP contribution in [0.5, 0.6) is 0 Å². The molecule has 0 bridgehead atoms. The molecule has 1 aromatic carbocycles. The number of anilines is 1. The van der Waals surface area contributed by atoms with E-state index in [1.54, 1.807) is 6.26 Å². The molecule has 4 rings (SSSR count). The summed E-state index contributed by atoms with van der Waals surface area (Å²) in [6, 6.07) is 14.6. The molecule has 23 heavy (non-hydrogen) atoms. The quantitative estimate of drug-likeness (QED) is 0.742. The van der Waals surface area contributed by atoms with Crippen LogP contribution >= 0.6 is 0 Å². The normalized spacial score (nSPS) is 16.1. The molecule has 1 saturated heterocycles. The highest BCUT2D eigenvalue weighted by Gasteiger charge is 2.19. The van der Waals surface area contributed by atoms with Crippen LogP contribution < -0.4 is 4.90 Å². The lowest BCUT2D eigenvalue weighted by molar-refractivity contribution is 0.230. The van der Waals surface area contributed by atoms with E-state index in [1.165, 1.54) is 10.9 Å². The molecule has 2 aromatic heterocycles. The molecule has 1 aliphatic rings. The third-order valence-electron chi connectivity index (χ3n) is 4.57. The lowest BCUT2D eigenvalue weighted by atomic mass is 10.1. The lowest BCUT2D eigenvalue weighted by Gasteiger charge is -2.35. The Labute approximate surface area is 136 Å². The van der Waals surface area contributed by atoms with E-state index in [4.69, 9.17) is 9.40 Å². The maximum atomic E-state index is 5.44. The Hall–Kier alpha value is -2.33. The lowest BCUT2D eigenvalue weighted by Crippen LogP contribution is -2.46. The zero-order chi connectivity index (χ0) is 15.6. The van der Waals surface area contributed by atoms with Crippen molar-refractivity contribution in [1.29, 1.82) is 0 Å². The predicted molar refractivity (Wildman–Crippen MR) is 92.7 cm³/mol. The highest BCUT2D eigenvalue weighted by Crippen LogP contribution is 2.23. The molecule has 4 heteroatoms. The highest BCUT2D eigenvalue weighted by atomic mass is 16.3. The largest absolute Gasteiger partial charge is 0.468 e. The van der Waals surface area contributed by atoms with Gasteiger partial charge in [-0.3, -0.25) is 4.90 Å². The molecule has 4 nitrogen and oxygen atoms in total. The maximum absolute atomic E-state index is 5.44. The van der Waals surface area contributed by atoms with Gasteiger partial charge in [0.05, 0.1) is 18.3 Å². The van der Waals surface area contributed by atoms with Crippen LogP contribution in [-0.4, -0.2) is 36.1 Å². The van der Waals surface area contributed by atoms with Crippen molar-refractivity contribution in [2.75, 3.05) is 31.1 Å². The summed E-state index contributed by atoms with van der Waals surface area (Å²) in [5, 5.41) is 1.24. The smallest absolute Gasteiger partial charge is 0.129 e. The van der Waals surface area contributed by atoms with Crippen LogP contribution in [0.1, 0.15) is 11.3 Å². The summed E-state index contributed by atoms with van der Waals surface area (Å²) < 4.78 is 5.44. The van der Waals surface area contributed by atoms with Crippen LogP contribution in [-0.2, 0) is 6.54 Å². The fourth-order valence-corrected chi connectivity index (χ4v) is 3.25. The molecule has 0 atom stereocenters. The number of aromatic nitrogens is 1. The van der Waals surface area contributed by atoms with Gasteiger partial charge in [-0.2, -0.15) is 0 Å². The average Bonchev–Trinajstić information content (AvgIpc) is 3.08. The number of piperazine rings is 1. The van der Waals surface area contributed by atoms with Crippen molar-refractivity contribution in [2.45, 2.75) is 13.5 Å². The number of fused-ring (bicyclic) bond motifs is 1. The van der Waals surface area contributed by atoms with E-state index < -0.39 is 0 Å². The summed E-state index contributed by atoms with van der Waals surface area (Å²) in [5.41, 5.74) is 2.38. The summed E-state index contributed by atoms with van der Waals surface area (Å²) in [4.78, 5) is 9.67. The summed E-state index contributed by atoms with van der Waals surface area (Å²) in [7, 11) is 0. The van der Waals surface area contributed by atoms with Crippen LogP contribution in [0, 0.1) is 6.92 Å². The molecule has 1 aliphatic heterocycles. The van der Waals surface area contributed by atoms with Crippen molar-refractivity contribution in [3.8, 4) is 0 Å². The second kappa shape index (κ2) is 6.05. The Balaban J connectivity index is 1.48. The van der Waals surface area contributed by atoms with Crippen LogP contribution in [0.2, 0.25) is 0 Å². The monoisotopic (exact) mass is 307 g/mol. The summed E-state index contributed by atoms with van der Waals surface area (Å²) in [6.07, 6.45) is 1.74. The number of rotatable bonds is 3. The SMILES string of the molecule is Cc1cc(N2CCN(Cc3ccco3)CC2)nc2ccccc12. The minimum Gasteiger partial charge on any atom is -0.468 e. The fraction of sp³-hybridized carbons (Fsp3) is 0.316. The first-order valence-electron chi connectivity index (χ1n) is 8.16. The van der Waals surface area contributed by atoms with Crippen LogP contribution in [0.4, 0.5) is 5.82 Å². The first-order valence-corrected chi connectivity index (χ1v) is 8.16. The first kappa shape index (κ1) is 14.3. The van der Waals surface area contributed by atoms with Gasteiger partial charge in [0.2, 0.25) is 0 Å². The van der Waals surface area contributed by atoms with Crippen molar-refractivity contribution in [3.05, 3.63) is 60.1 Å². The van der Waals surface area contributed by atoms with Crippen molar-refractivity contribution in [3.63, 3.8) is 0 Å². The van der Waals surface area contributed by atoms with Crippen LogP contribution in [0.25, 0.3) is 10.9 Å². The van der Waals surface area contributed by atoms with Crippen LogP contribution in [0.3, 0.4) is 0 Å². The molecule has 0 aliphatic carbocycles. The molecule has 0 amide bonds. The van der Waals surface area contributed by atoms with Gasteiger partial charge in [0.1, 0.15) is 11.6 Å². The number of hydrogen-bond donors (Lipinski definition) is 0. The summed E-state index contributed by atoms with van der Waals surface area (Å²) in [5.74, 6) is 2.14. The van der Waals surface area contributed by atoms with Gasteiger partial charge < -0.3 is 9.32 Å². The molecule has 0 unspecified atom stereocenters. The number of pyridine rings is 1. The van der Waals surface area contributed by atoms with Gasteiger partial charge in [-0.15, -0.1) is 0 Å². The molecular weight excluding hydrogens is 286 g/mol. The minimum atomic E-state index is 0.894. The van der Waals surface area contributed by atoms with Gasteiger partial charge in [-0.05, 0) is 36.8 Å². The minimum absolute atomic E-state index is 0.894. The van der Waals surface area contributed by atoms with Crippen LogP contribution in [0.15, 0.2) is 53.1 Å². The molecule has 0 radical (unpaired) electrons. The maximum Gasteiger partial charge on any atom is 0.129 e. The molecule has 118 valence electrons. The van der Waals surface area contributed by atoms with E-state index >= 15 is 0 Å². The van der Waals surface area contributed by atoms with E-state index in [0.717, 1.165) is 49.8 Å². The first-order chi connectivity index (χ1) is 11.3. The van der Waals surface area contributed by atoms with Crippen molar-refractivity contribution in [1.82, 2.24) is 9.88 Å². The highest BCUT2D eigenvalue weighted by molar-refractivity contribution is 5.83. The fourth-order valence-electron chi connectivity index (χ4n) is 3.25. The van der Waals surface area contributed by atoms with Gasteiger partial charge in [-0.1, -0.05) is 18.2 Å². The van der Waals surface area contributed by atoms with Gasteiger partial charge in [0.25, 0.3) is 0 Å². The zero-order valence-corrected chi connectivity index (χ0v) is 13.4. The zero-order valence-electron chi connectivity index (χ0n) is 13.4. The molecule has 3 aromatic rings. The average molecular weight is 307 g/mol. The molecule has 0 N–H and O–H groups in total. The van der Waals surface area contributed by atoms with Gasteiger partial charge >= 0.3 is 0 Å². The second-order valence-electron chi connectivity index (χ2n) is 6.16. The van der Waals surface area contributed by atoms with E-state index in [-0.39, 0.29) is 0 Å². The Morgan fingerprint density at radius 1 is 1.04 bits per heavy atom. The van der Waals surface area contributed by atoms with Gasteiger partial charge in [0.15, 0.2) is 0 Å². The number of furan rings is 1. The van der Waals surface area contributed by atoms with Gasteiger partial charge in [-0.25, -0.2) is 4.98 Å². The second-order valence-corrected chi connectivity index (χ2v) is 6.16. The Bertz CT molecular complexity index is 789. The van der Waals surface area contributed by atoms with Gasteiger partial charge in [0, 0.05) is 31.6 Å². The molecule has 0 spiro atoms. The summed E-state index contributed by atoms with van der Waals surface area (Å²) in [6.45, 7) is 7.14. The Morgan fingerprint density at radius 2 is 1.87 bits per heavy atom. The number of nitrogens with zero attached hydrogens (tertiary/aromatic N) is 3. The van der Waals surface area contributed by atoms with E-state index in [1.807, 2.05) is 12.1 Å². The number of hydrogen-bond acceptors (Lipinski definition) is 4. The molecule has 3 heterocycles. The Morgan fingerprint density at radius 3 is 2.65 bits per heavy atom. The van der Waals surface area contributed by atoms with Crippen molar-refractivity contribution < 1.29 is 4.42 Å². The molecule has 0 saturated carbocycles. The summed E-state index contributed by atoms with van der Waals surface area (Å²) >= 11 is 0. The number of aryl methyl sites for hydroxylation is 1. The predicted octanol–water partition coefficient (Wildman–Crippen LogP) is 3.46. The van der Waals surface area contributed by atoms with E-state index in [0.29, 0.717) is 0 Å². The molecule has 1 fully saturated rings. The Kier molecular flexibility index (Phi) is 3.75.